The number of hydrogen-bond acceptors (Lipinski definition) is 4. The van der Waals surface area contributed by atoms with Crippen molar-refractivity contribution < 1.29 is 4.79 Å². The van der Waals surface area contributed by atoms with E-state index in [9.17, 15) is 4.79 Å². The van der Waals surface area contributed by atoms with E-state index in [2.05, 4.69) is 25.8 Å². The van der Waals surface area contributed by atoms with Gasteiger partial charge in [-0.25, -0.2) is 0 Å². The molecule has 78 valence electrons. The number of rotatable bonds is 3. The van der Waals surface area contributed by atoms with Crippen LogP contribution in [0.3, 0.4) is 0 Å². The van der Waals surface area contributed by atoms with Crippen LogP contribution in [0.1, 0.15) is 16.2 Å². The number of amides is 1. The molecule has 2 rings (SSSR count). The Hall–Kier alpha value is -2.18. The van der Waals surface area contributed by atoms with Crippen LogP contribution in [-0.2, 0) is 13.6 Å². The molecule has 0 spiro atoms. The number of H-pyrrole nitrogens is 1. The number of aryl methyl sites for hydroxylation is 1. The lowest BCUT2D eigenvalue weighted by Crippen LogP contribution is -2.23. The fourth-order valence-electron chi connectivity index (χ4n) is 1.13. The van der Waals surface area contributed by atoms with Gasteiger partial charge in [-0.05, 0) is 6.07 Å². The number of carbonyl (C=O) groups is 1. The first-order valence-corrected chi connectivity index (χ1v) is 4.38. The van der Waals surface area contributed by atoms with Crippen molar-refractivity contribution in [1.82, 2.24) is 30.5 Å². The topological polar surface area (TPSA) is 88.5 Å². The fraction of sp³-hybridized carbons (Fsp3) is 0.250. The normalized spacial score (nSPS) is 10.2. The van der Waals surface area contributed by atoms with E-state index in [1.165, 1.54) is 6.20 Å². The van der Waals surface area contributed by atoms with E-state index in [0.717, 1.165) is 5.69 Å². The molecule has 0 aromatic carbocycles. The highest BCUT2D eigenvalue weighted by Gasteiger charge is 2.08. The van der Waals surface area contributed by atoms with Gasteiger partial charge in [0.05, 0.1) is 18.4 Å². The molecule has 0 saturated heterocycles. The van der Waals surface area contributed by atoms with Gasteiger partial charge in [0.25, 0.3) is 5.91 Å². The van der Waals surface area contributed by atoms with E-state index in [0.29, 0.717) is 6.54 Å². The molecular weight excluding hydrogens is 196 g/mol. The largest absolute Gasteiger partial charge is 0.345 e. The van der Waals surface area contributed by atoms with Gasteiger partial charge in [-0.1, -0.05) is 0 Å². The minimum atomic E-state index is -0.269. The van der Waals surface area contributed by atoms with Crippen molar-refractivity contribution in [3.8, 4) is 0 Å². The number of carbonyl (C=O) groups excluding carboxylic acids is 1. The Balaban J connectivity index is 1.91. The molecule has 2 N–H and O–H groups in total. The van der Waals surface area contributed by atoms with E-state index >= 15 is 0 Å². The Morgan fingerprint density at radius 1 is 1.67 bits per heavy atom. The first-order chi connectivity index (χ1) is 7.25. The maximum absolute atomic E-state index is 11.4. The summed E-state index contributed by atoms with van der Waals surface area (Å²) in [6.45, 7) is 0.381. The molecule has 7 nitrogen and oxygen atoms in total. The summed E-state index contributed by atoms with van der Waals surface area (Å²) in [7, 11) is 1.82. The summed E-state index contributed by atoms with van der Waals surface area (Å²) in [6.07, 6.45) is 3.19. The summed E-state index contributed by atoms with van der Waals surface area (Å²) in [6, 6.07) is 1.84. The summed E-state index contributed by atoms with van der Waals surface area (Å²) in [5, 5.41) is 16.4. The van der Waals surface area contributed by atoms with Crippen LogP contribution < -0.4 is 5.32 Å². The Bertz CT molecular complexity index is 445. The zero-order valence-electron chi connectivity index (χ0n) is 8.14. The van der Waals surface area contributed by atoms with Gasteiger partial charge < -0.3 is 5.32 Å². The number of aromatic nitrogens is 5. The van der Waals surface area contributed by atoms with Crippen LogP contribution in [0.5, 0.6) is 0 Å². The summed E-state index contributed by atoms with van der Waals surface area (Å²) in [4.78, 5) is 11.4. The van der Waals surface area contributed by atoms with Crippen LogP contribution in [0.15, 0.2) is 18.5 Å². The lowest BCUT2D eigenvalue weighted by Gasteiger charge is -1.98. The SMILES string of the molecule is Cn1ccc(CNC(=O)c2cn[nH]n2)n1. The summed E-state index contributed by atoms with van der Waals surface area (Å²) in [5.74, 6) is -0.269. The van der Waals surface area contributed by atoms with E-state index in [1.807, 2.05) is 19.3 Å². The lowest BCUT2D eigenvalue weighted by atomic mass is 10.4. The molecule has 0 fully saturated rings. The van der Waals surface area contributed by atoms with Gasteiger partial charge in [-0.2, -0.15) is 20.5 Å². The molecule has 0 aliphatic rings. The highest BCUT2D eigenvalue weighted by atomic mass is 16.1. The number of nitrogens with one attached hydrogen (secondary N) is 2. The molecule has 0 atom stereocenters. The molecule has 1 amide bonds. The summed E-state index contributed by atoms with van der Waals surface area (Å²) in [5.41, 5.74) is 1.07. The van der Waals surface area contributed by atoms with Gasteiger partial charge in [-0.15, -0.1) is 0 Å². The van der Waals surface area contributed by atoms with Gasteiger partial charge >= 0.3 is 0 Å². The predicted octanol–water partition coefficient (Wildman–Crippen LogP) is -0.532. The van der Waals surface area contributed by atoms with Crippen LogP contribution >= 0.6 is 0 Å². The summed E-state index contributed by atoms with van der Waals surface area (Å²) < 4.78 is 1.68. The minimum Gasteiger partial charge on any atom is -0.345 e. The second-order valence-electron chi connectivity index (χ2n) is 3.02. The molecule has 2 heterocycles. The van der Waals surface area contributed by atoms with Crippen molar-refractivity contribution in [2.75, 3.05) is 0 Å². The maximum Gasteiger partial charge on any atom is 0.273 e. The van der Waals surface area contributed by atoms with Gasteiger partial charge in [0.1, 0.15) is 0 Å². The molecule has 0 bridgehead atoms. The molecule has 2 aromatic rings. The minimum absolute atomic E-state index is 0.269. The average molecular weight is 206 g/mol. The van der Waals surface area contributed by atoms with E-state index in [-0.39, 0.29) is 11.6 Å². The molecule has 2 aromatic heterocycles. The van der Waals surface area contributed by atoms with Gasteiger partial charge in [0, 0.05) is 13.2 Å². The average Bonchev–Trinajstić information content (AvgIpc) is 2.84. The zero-order valence-corrected chi connectivity index (χ0v) is 8.14. The predicted molar refractivity (Wildman–Crippen MR) is 50.8 cm³/mol. The fourth-order valence-corrected chi connectivity index (χ4v) is 1.13. The maximum atomic E-state index is 11.4. The van der Waals surface area contributed by atoms with Crippen molar-refractivity contribution in [3.05, 3.63) is 29.8 Å². The van der Waals surface area contributed by atoms with E-state index in [1.54, 1.807) is 4.68 Å². The van der Waals surface area contributed by atoms with Crippen LogP contribution in [0.25, 0.3) is 0 Å². The molecule has 0 aliphatic heterocycles. The molecule has 7 heteroatoms. The highest BCUT2D eigenvalue weighted by Crippen LogP contribution is 1.94. The van der Waals surface area contributed by atoms with Crippen LogP contribution in [0.2, 0.25) is 0 Å². The molecule has 0 unspecified atom stereocenters. The van der Waals surface area contributed by atoms with E-state index in [4.69, 9.17) is 0 Å². The van der Waals surface area contributed by atoms with Crippen molar-refractivity contribution in [3.63, 3.8) is 0 Å². The first-order valence-electron chi connectivity index (χ1n) is 4.38. The van der Waals surface area contributed by atoms with Crippen molar-refractivity contribution >= 4 is 5.91 Å². The molecular formula is C8H10N6O. The molecule has 0 radical (unpaired) electrons. The Kier molecular flexibility index (Phi) is 2.44. The Morgan fingerprint density at radius 3 is 3.13 bits per heavy atom. The number of nitrogens with zero attached hydrogens (tertiary/aromatic N) is 4. The molecule has 0 saturated carbocycles. The summed E-state index contributed by atoms with van der Waals surface area (Å²) >= 11 is 0. The monoisotopic (exact) mass is 206 g/mol. The smallest absolute Gasteiger partial charge is 0.273 e. The third-order valence-electron chi connectivity index (χ3n) is 1.85. The molecule has 15 heavy (non-hydrogen) atoms. The second kappa shape index (κ2) is 3.91. The Labute approximate surface area is 85.5 Å². The molecule has 0 aliphatic carbocycles. The second-order valence-corrected chi connectivity index (χ2v) is 3.02. The van der Waals surface area contributed by atoms with Crippen molar-refractivity contribution in [2.24, 2.45) is 7.05 Å². The van der Waals surface area contributed by atoms with Crippen LogP contribution in [-0.4, -0.2) is 31.1 Å². The number of aromatic amines is 1. The lowest BCUT2D eigenvalue weighted by molar-refractivity contribution is 0.0945. The van der Waals surface area contributed by atoms with Crippen LogP contribution in [0.4, 0.5) is 0 Å². The first kappa shape index (κ1) is 9.38. The zero-order chi connectivity index (χ0) is 10.7. The third kappa shape index (κ3) is 2.19. The van der Waals surface area contributed by atoms with Gasteiger partial charge in [0.2, 0.25) is 0 Å². The third-order valence-corrected chi connectivity index (χ3v) is 1.85. The number of hydrogen-bond donors (Lipinski definition) is 2. The quantitative estimate of drug-likeness (QED) is 0.706. The Morgan fingerprint density at radius 2 is 2.53 bits per heavy atom. The van der Waals surface area contributed by atoms with Crippen molar-refractivity contribution in [1.29, 1.82) is 0 Å². The van der Waals surface area contributed by atoms with Gasteiger partial charge in [0.15, 0.2) is 5.69 Å². The standard InChI is InChI=1S/C8H10N6O/c1-14-3-2-6(12-14)4-9-8(15)7-5-10-13-11-7/h2-3,5H,4H2,1H3,(H,9,15)(H,10,11,13). The van der Waals surface area contributed by atoms with Crippen molar-refractivity contribution in [2.45, 2.75) is 6.54 Å². The highest BCUT2D eigenvalue weighted by molar-refractivity contribution is 5.91. The van der Waals surface area contributed by atoms with E-state index < -0.39 is 0 Å². The van der Waals surface area contributed by atoms with Gasteiger partial charge in [-0.3, -0.25) is 9.48 Å². The van der Waals surface area contributed by atoms with Crippen LogP contribution in [0, 0.1) is 0 Å².